The number of anilines is 1. The summed E-state index contributed by atoms with van der Waals surface area (Å²) in [4.78, 5) is 4.11. The van der Waals surface area contributed by atoms with Gasteiger partial charge in [0.1, 0.15) is 4.60 Å². The Balaban J connectivity index is 2.44. The van der Waals surface area contributed by atoms with E-state index in [0.29, 0.717) is 20.9 Å². The summed E-state index contributed by atoms with van der Waals surface area (Å²) < 4.78 is 27.5. The first-order valence-corrected chi connectivity index (χ1v) is 7.95. The van der Waals surface area contributed by atoms with E-state index in [-0.39, 0.29) is 4.90 Å². The van der Waals surface area contributed by atoms with E-state index in [1.807, 2.05) is 0 Å². The average molecular weight is 362 g/mol. The van der Waals surface area contributed by atoms with Gasteiger partial charge in [-0.15, -0.1) is 0 Å². The highest BCUT2D eigenvalue weighted by Crippen LogP contribution is 2.25. The summed E-state index contributed by atoms with van der Waals surface area (Å²) in [5, 5.41) is 0.372. The molecule has 2 aromatic rings. The number of sulfonamides is 1. The van der Waals surface area contributed by atoms with Gasteiger partial charge in [-0.2, -0.15) is 0 Å². The summed E-state index contributed by atoms with van der Waals surface area (Å²) in [6, 6.07) is 8.00. The molecule has 0 bridgehead atoms. The molecule has 100 valence electrons. The fourth-order valence-electron chi connectivity index (χ4n) is 1.53. The van der Waals surface area contributed by atoms with Crippen LogP contribution in [-0.4, -0.2) is 13.4 Å². The van der Waals surface area contributed by atoms with E-state index in [4.69, 9.17) is 11.6 Å². The van der Waals surface area contributed by atoms with Gasteiger partial charge in [0.15, 0.2) is 0 Å². The van der Waals surface area contributed by atoms with Gasteiger partial charge in [-0.3, -0.25) is 4.72 Å². The molecule has 0 radical (unpaired) electrons. The molecule has 0 saturated carbocycles. The van der Waals surface area contributed by atoms with Gasteiger partial charge < -0.3 is 0 Å². The van der Waals surface area contributed by atoms with E-state index in [0.717, 1.165) is 0 Å². The standard InChI is InChI=1S/C12H10BrClN2O2S/c1-8-4-5-9(14)7-11(8)19(17,18)16-10-3-2-6-15-12(10)13/h2-7,16H,1H3. The predicted molar refractivity (Wildman–Crippen MR) is 78.9 cm³/mol. The zero-order valence-electron chi connectivity index (χ0n) is 9.89. The van der Waals surface area contributed by atoms with E-state index < -0.39 is 10.0 Å². The number of benzene rings is 1. The summed E-state index contributed by atoms with van der Waals surface area (Å²) in [6.45, 7) is 1.71. The SMILES string of the molecule is Cc1ccc(Cl)cc1S(=O)(=O)Nc1cccnc1Br. The second-order valence-electron chi connectivity index (χ2n) is 3.86. The number of halogens is 2. The molecule has 2 rings (SSSR count). The number of pyridine rings is 1. The molecular weight excluding hydrogens is 352 g/mol. The molecule has 0 aliphatic rings. The molecule has 0 aliphatic carbocycles. The molecule has 0 spiro atoms. The summed E-state index contributed by atoms with van der Waals surface area (Å²) in [6.07, 6.45) is 1.56. The largest absolute Gasteiger partial charge is 0.277 e. The van der Waals surface area contributed by atoms with Crippen molar-refractivity contribution in [2.45, 2.75) is 11.8 Å². The third kappa shape index (κ3) is 3.26. The lowest BCUT2D eigenvalue weighted by atomic mass is 10.2. The van der Waals surface area contributed by atoms with Crippen molar-refractivity contribution in [3.05, 3.63) is 51.7 Å². The summed E-state index contributed by atoms with van der Waals surface area (Å²) >= 11 is 9.03. The molecule has 4 nitrogen and oxygen atoms in total. The van der Waals surface area contributed by atoms with Gasteiger partial charge in [0, 0.05) is 11.2 Å². The Hall–Kier alpha value is -1.11. The van der Waals surface area contributed by atoms with Crippen LogP contribution in [0.2, 0.25) is 5.02 Å². The Morgan fingerprint density at radius 1 is 1.32 bits per heavy atom. The van der Waals surface area contributed by atoms with Crippen LogP contribution in [0.15, 0.2) is 46.0 Å². The van der Waals surface area contributed by atoms with Gasteiger partial charge in [-0.1, -0.05) is 17.7 Å². The molecule has 0 amide bonds. The van der Waals surface area contributed by atoms with Crippen molar-refractivity contribution in [3.8, 4) is 0 Å². The fourth-order valence-corrected chi connectivity index (χ4v) is 3.58. The first-order chi connectivity index (χ1) is 8.90. The van der Waals surface area contributed by atoms with Crippen molar-refractivity contribution in [1.29, 1.82) is 0 Å². The maximum absolute atomic E-state index is 12.3. The number of nitrogens with one attached hydrogen (secondary N) is 1. The molecule has 19 heavy (non-hydrogen) atoms. The Morgan fingerprint density at radius 3 is 2.74 bits per heavy atom. The molecule has 1 heterocycles. The topological polar surface area (TPSA) is 59.1 Å². The highest BCUT2D eigenvalue weighted by Gasteiger charge is 2.18. The van der Waals surface area contributed by atoms with Crippen LogP contribution in [0.4, 0.5) is 5.69 Å². The molecule has 7 heteroatoms. The van der Waals surface area contributed by atoms with Crippen LogP contribution >= 0.6 is 27.5 Å². The van der Waals surface area contributed by atoms with Crippen molar-refractivity contribution in [1.82, 2.24) is 4.98 Å². The first-order valence-electron chi connectivity index (χ1n) is 5.29. The Labute approximate surface area is 125 Å². The quantitative estimate of drug-likeness (QED) is 0.850. The zero-order valence-corrected chi connectivity index (χ0v) is 13.1. The number of aryl methyl sites for hydroxylation is 1. The molecule has 1 aromatic heterocycles. The lowest BCUT2D eigenvalue weighted by Crippen LogP contribution is -2.14. The van der Waals surface area contributed by atoms with Crippen LogP contribution in [0.1, 0.15) is 5.56 Å². The van der Waals surface area contributed by atoms with Gasteiger partial charge in [-0.05, 0) is 52.7 Å². The van der Waals surface area contributed by atoms with Crippen LogP contribution in [-0.2, 0) is 10.0 Å². The van der Waals surface area contributed by atoms with Crippen LogP contribution in [0.25, 0.3) is 0 Å². The van der Waals surface area contributed by atoms with E-state index >= 15 is 0 Å². The molecule has 1 N–H and O–H groups in total. The molecule has 0 unspecified atom stereocenters. The molecule has 0 saturated heterocycles. The van der Waals surface area contributed by atoms with Crippen LogP contribution in [0.3, 0.4) is 0 Å². The van der Waals surface area contributed by atoms with Crippen molar-refractivity contribution in [2.24, 2.45) is 0 Å². The van der Waals surface area contributed by atoms with Crippen molar-refractivity contribution >= 4 is 43.2 Å². The highest BCUT2D eigenvalue weighted by atomic mass is 79.9. The third-order valence-corrected chi connectivity index (χ3v) is 4.82. The van der Waals surface area contributed by atoms with Crippen molar-refractivity contribution in [3.63, 3.8) is 0 Å². The van der Waals surface area contributed by atoms with E-state index in [2.05, 4.69) is 25.6 Å². The normalized spacial score (nSPS) is 11.3. The zero-order chi connectivity index (χ0) is 14.0. The van der Waals surface area contributed by atoms with Crippen LogP contribution in [0.5, 0.6) is 0 Å². The molecule has 0 atom stereocenters. The number of hydrogen-bond donors (Lipinski definition) is 1. The number of hydrogen-bond acceptors (Lipinski definition) is 3. The lowest BCUT2D eigenvalue weighted by molar-refractivity contribution is 0.600. The summed E-state index contributed by atoms with van der Waals surface area (Å²) in [5.41, 5.74) is 0.999. The molecule has 1 aromatic carbocycles. The lowest BCUT2D eigenvalue weighted by Gasteiger charge is -2.11. The minimum absolute atomic E-state index is 0.149. The third-order valence-electron chi connectivity index (χ3n) is 2.44. The number of aromatic nitrogens is 1. The minimum Gasteiger partial charge on any atom is -0.277 e. The van der Waals surface area contributed by atoms with Gasteiger partial charge in [0.25, 0.3) is 10.0 Å². The first kappa shape index (κ1) is 14.3. The Morgan fingerprint density at radius 2 is 2.05 bits per heavy atom. The second-order valence-corrected chi connectivity index (χ2v) is 6.70. The van der Waals surface area contributed by atoms with Crippen molar-refractivity contribution < 1.29 is 8.42 Å². The summed E-state index contributed by atoms with van der Waals surface area (Å²) in [5.74, 6) is 0. The minimum atomic E-state index is -3.69. The van der Waals surface area contributed by atoms with Crippen molar-refractivity contribution in [2.75, 3.05) is 4.72 Å². The number of rotatable bonds is 3. The van der Waals surface area contributed by atoms with E-state index in [1.165, 1.54) is 6.07 Å². The van der Waals surface area contributed by atoms with E-state index in [9.17, 15) is 8.42 Å². The van der Waals surface area contributed by atoms with Crippen LogP contribution < -0.4 is 4.72 Å². The molecule has 0 aliphatic heterocycles. The van der Waals surface area contributed by atoms with Gasteiger partial charge in [0.05, 0.1) is 10.6 Å². The van der Waals surface area contributed by atoms with Gasteiger partial charge in [0.2, 0.25) is 0 Å². The highest BCUT2D eigenvalue weighted by molar-refractivity contribution is 9.10. The number of nitrogens with zero attached hydrogens (tertiary/aromatic N) is 1. The van der Waals surface area contributed by atoms with Gasteiger partial charge >= 0.3 is 0 Å². The molecular formula is C12H10BrClN2O2S. The monoisotopic (exact) mass is 360 g/mol. The maximum Gasteiger partial charge on any atom is 0.262 e. The Bertz CT molecular complexity index is 719. The predicted octanol–water partition coefficient (Wildman–Crippen LogP) is 3.61. The summed E-state index contributed by atoms with van der Waals surface area (Å²) in [7, 11) is -3.69. The smallest absolute Gasteiger partial charge is 0.262 e. The second kappa shape index (κ2) is 5.48. The average Bonchev–Trinajstić information content (AvgIpc) is 2.35. The maximum atomic E-state index is 12.3. The Kier molecular flexibility index (Phi) is 4.13. The van der Waals surface area contributed by atoms with Gasteiger partial charge in [-0.25, -0.2) is 13.4 Å². The molecule has 0 fully saturated rings. The van der Waals surface area contributed by atoms with E-state index in [1.54, 1.807) is 37.4 Å². The van der Waals surface area contributed by atoms with Crippen LogP contribution in [0, 0.1) is 6.92 Å². The fraction of sp³-hybridized carbons (Fsp3) is 0.0833.